The normalized spacial score (nSPS) is 25.3. The van der Waals surface area contributed by atoms with Gasteiger partial charge in [-0.05, 0) is 12.5 Å². The molecule has 106 valence electrons. The van der Waals surface area contributed by atoms with E-state index in [0.29, 0.717) is 24.9 Å². The fourth-order valence-corrected chi connectivity index (χ4v) is 2.71. The monoisotopic (exact) mass is 255 g/mol. The Kier molecular flexibility index (Phi) is 7.52. The topological polar surface area (TPSA) is 38.3 Å². The Hall–Kier alpha value is -0.410. The summed E-state index contributed by atoms with van der Waals surface area (Å²) in [6.07, 6.45) is 5.51. The molecule has 0 amide bonds. The zero-order chi connectivity index (χ0) is 13.4. The van der Waals surface area contributed by atoms with Crippen molar-refractivity contribution in [3.05, 3.63) is 0 Å². The first-order valence-electron chi connectivity index (χ1n) is 7.56. The van der Waals surface area contributed by atoms with Crippen molar-refractivity contribution in [2.75, 3.05) is 19.8 Å². The Labute approximate surface area is 112 Å². The average Bonchev–Trinajstić information content (AvgIpc) is 2.83. The Morgan fingerprint density at radius 1 is 1.33 bits per heavy atom. The summed E-state index contributed by atoms with van der Waals surface area (Å²) in [4.78, 5) is 12.3. The lowest BCUT2D eigenvalue weighted by Crippen LogP contribution is -2.39. The first-order chi connectivity index (χ1) is 8.72. The number of nitrogens with one attached hydrogen (secondary N) is 1. The molecule has 3 nitrogen and oxygen atoms in total. The molecule has 3 unspecified atom stereocenters. The van der Waals surface area contributed by atoms with Gasteiger partial charge in [-0.2, -0.15) is 0 Å². The van der Waals surface area contributed by atoms with E-state index in [9.17, 15) is 4.79 Å². The molecule has 1 heterocycles. The molecule has 0 bridgehead atoms. The third-order valence-electron chi connectivity index (χ3n) is 3.99. The van der Waals surface area contributed by atoms with Crippen molar-refractivity contribution >= 4 is 5.78 Å². The smallest absolute Gasteiger partial charge is 0.140 e. The van der Waals surface area contributed by atoms with Gasteiger partial charge in [0.2, 0.25) is 0 Å². The average molecular weight is 255 g/mol. The molecule has 1 fully saturated rings. The number of ether oxygens (including phenoxy) is 1. The van der Waals surface area contributed by atoms with Crippen LogP contribution in [0.15, 0.2) is 0 Å². The number of ketones is 1. The molecule has 1 N–H and O–H groups in total. The quantitative estimate of drug-likeness (QED) is 0.688. The SMILES string of the molecule is CCCCC(CC)CC(=O)C1COCC1NCC. The van der Waals surface area contributed by atoms with E-state index in [2.05, 4.69) is 26.1 Å². The van der Waals surface area contributed by atoms with Gasteiger partial charge in [-0.1, -0.05) is 46.5 Å². The largest absolute Gasteiger partial charge is 0.379 e. The predicted octanol–water partition coefficient (Wildman–Crippen LogP) is 2.79. The molecule has 0 radical (unpaired) electrons. The van der Waals surface area contributed by atoms with Crippen molar-refractivity contribution in [1.29, 1.82) is 0 Å². The first-order valence-corrected chi connectivity index (χ1v) is 7.56. The number of Topliss-reactive ketones (excluding diaryl/α,β-unsaturated/α-hetero) is 1. The Bertz CT molecular complexity index is 243. The van der Waals surface area contributed by atoms with Crippen LogP contribution in [0.3, 0.4) is 0 Å². The van der Waals surface area contributed by atoms with Crippen molar-refractivity contribution in [2.24, 2.45) is 11.8 Å². The fourth-order valence-electron chi connectivity index (χ4n) is 2.71. The fraction of sp³-hybridized carbons (Fsp3) is 0.933. The number of hydrogen-bond acceptors (Lipinski definition) is 3. The van der Waals surface area contributed by atoms with Gasteiger partial charge in [-0.15, -0.1) is 0 Å². The van der Waals surface area contributed by atoms with Crippen LogP contribution < -0.4 is 5.32 Å². The second-order valence-electron chi connectivity index (χ2n) is 5.40. The standard InChI is InChI=1S/C15H29NO2/c1-4-7-8-12(5-2)9-15(17)13-10-18-11-14(13)16-6-3/h12-14,16H,4-11H2,1-3H3. The molecule has 0 aromatic rings. The molecule has 1 aliphatic heterocycles. The van der Waals surface area contributed by atoms with Crippen LogP contribution in [-0.4, -0.2) is 31.6 Å². The minimum Gasteiger partial charge on any atom is -0.379 e. The van der Waals surface area contributed by atoms with Crippen LogP contribution >= 0.6 is 0 Å². The van der Waals surface area contributed by atoms with Crippen LogP contribution in [-0.2, 0) is 9.53 Å². The molecular weight excluding hydrogens is 226 g/mol. The summed E-state index contributed by atoms with van der Waals surface area (Å²) in [6.45, 7) is 8.69. The highest BCUT2D eigenvalue weighted by Crippen LogP contribution is 2.23. The number of carbonyl (C=O) groups is 1. The maximum absolute atomic E-state index is 12.3. The highest BCUT2D eigenvalue weighted by atomic mass is 16.5. The van der Waals surface area contributed by atoms with E-state index < -0.39 is 0 Å². The predicted molar refractivity (Wildman–Crippen MR) is 74.7 cm³/mol. The second kappa shape index (κ2) is 8.65. The zero-order valence-corrected chi connectivity index (χ0v) is 12.2. The summed E-state index contributed by atoms with van der Waals surface area (Å²) in [5, 5.41) is 3.36. The molecule has 0 aliphatic carbocycles. The Balaban J connectivity index is 2.42. The number of hydrogen-bond donors (Lipinski definition) is 1. The Morgan fingerprint density at radius 2 is 2.11 bits per heavy atom. The number of unbranched alkanes of at least 4 members (excludes halogenated alkanes) is 1. The van der Waals surface area contributed by atoms with Crippen molar-refractivity contribution in [3.63, 3.8) is 0 Å². The molecule has 3 atom stereocenters. The van der Waals surface area contributed by atoms with Crippen LogP contribution in [0.1, 0.15) is 52.9 Å². The van der Waals surface area contributed by atoms with Crippen molar-refractivity contribution in [3.8, 4) is 0 Å². The van der Waals surface area contributed by atoms with Crippen LogP contribution in [0.2, 0.25) is 0 Å². The first kappa shape index (κ1) is 15.6. The van der Waals surface area contributed by atoms with Gasteiger partial charge in [0.05, 0.1) is 19.1 Å². The minimum absolute atomic E-state index is 0.0839. The molecule has 0 saturated carbocycles. The number of likely N-dealkylation sites (N-methyl/N-ethyl adjacent to an activating group) is 1. The van der Waals surface area contributed by atoms with E-state index in [1.54, 1.807) is 0 Å². The molecule has 0 aromatic heterocycles. The third kappa shape index (κ3) is 4.69. The lowest BCUT2D eigenvalue weighted by molar-refractivity contribution is -0.124. The van der Waals surface area contributed by atoms with Gasteiger partial charge in [-0.25, -0.2) is 0 Å². The van der Waals surface area contributed by atoms with Gasteiger partial charge in [0.1, 0.15) is 5.78 Å². The molecule has 1 rings (SSSR count). The van der Waals surface area contributed by atoms with E-state index >= 15 is 0 Å². The number of rotatable bonds is 9. The summed E-state index contributed by atoms with van der Waals surface area (Å²) in [6, 6.07) is 0.242. The molecule has 18 heavy (non-hydrogen) atoms. The third-order valence-corrected chi connectivity index (χ3v) is 3.99. The highest BCUT2D eigenvalue weighted by Gasteiger charge is 2.33. The molecule has 0 aromatic carbocycles. The molecular formula is C15H29NO2. The lowest BCUT2D eigenvalue weighted by Gasteiger charge is -2.20. The van der Waals surface area contributed by atoms with Crippen LogP contribution in [0, 0.1) is 11.8 Å². The van der Waals surface area contributed by atoms with E-state index in [1.165, 1.54) is 19.3 Å². The van der Waals surface area contributed by atoms with Crippen LogP contribution in [0.25, 0.3) is 0 Å². The van der Waals surface area contributed by atoms with Crippen molar-refractivity contribution < 1.29 is 9.53 Å². The summed E-state index contributed by atoms with van der Waals surface area (Å²) in [5.41, 5.74) is 0. The second-order valence-corrected chi connectivity index (χ2v) is 5.40. The van der Waals surface area contributed by atoms with E-state index in [1.807, 2.05) is 0 Å². The van der Waals surface area contributed by atoms with Gasteiger partial charge < -0.3 is 10.1 Å². The summed E-state index contributed by atoms with van der Waals surface area (Å²) in [7, 11) is 0. The maximum atomic E-state index is 12.3. The lowest BCUT2D eigenvalue weighted by atomic mass is 9.87. The van der Waals surface area contributed by atoms with Gasteiger partial charge >= 0.3 is 0 Å². The van der Waals surface area contributed by atoms with Crippen LogP contribution in [0.5, 0.6) is 0 Å². The van der Waals surface area contributed by atoms with Gasteiger partial charge in [0.15, 0.2) is 0 Å². The molecule has 1 aliphatic rings. The number of carbonyl (C=O) groups excluding carboxylic acids is 1. The zero-order valence-electron chi connectivity index (χ0n) is 12.2. The van der Waals surface area contributed by atoms with Crippen molar-refractivity contribution in [2.45, 2.75) is 58.9 Å². The van der Waals surface area contributed by atoms with Gasteiger partial charge in [0, 0.05) is 12.5 Å². The van der Waals surface area contributed by atoms with Crippen LogP contribution in [0.4, 0.5) is 0 Å². The summed E-state index contributed by atoms with van der Waals surface area (Å²) >= 11 is 0. The van der Waals surface area contributed by atoms with Gasteiger partial charge in [0.25, 0.3) is 0 Å². The minimum atomic E-state index is 0.0839. The summed E-state index contributed by atoms with van der Waals surface area (Å²) < 4.78 is 5.46. The molecule has 3 heteroatoms. The summed E-state index contributed by atoms with van der Waals surface area (Å²) in [5.74, 6) is 1.06. The van der Waals surface area contributed by atoms with E-state index in [-0.39, 0.29) is 12.0 Å². The van der Waals surface area contributed by atoms with Crippen molar-refractivity contribution in [1.82, 2.24) is 5.32 Å². The van der Waals surface area contributed by atoms with E-state index in [0.717, 1.165) is 19.4 Å². The highest BCUT2D eigenvalue weighted by molar-refractivity contribution is 5.82. The van der Waals surface area contributed by atoms with Gasteiger partial charge in [-0.3, -0.25) is 4.79 Å². The van der Waals surface area contributed by atoms with E-state index in [4.69, 9.17) is 4.74 Å². The maximum Gasteiger partial charge on any atom is 0.140 e. The Morgan fingerprint density at radius 3 is 2.72 bits per heavy atom. The molecule has 0 spiro atoms. The molecule has 1 saturated heterocycles.